The van der Waals surface area contributed by atoms with Crippen molar-refractivity contribution in [3.63, 3.8) is 0 Å². The van der Waals surface area contributed by atoms with Gasteiger partial charge in [-0.15, -0.1) is 0 Å². The van der Waals surface area contributed by atoms with Crippen molar-refractivity contribution in [1.82, 2.24) is 10.2 Å². The molecule has 1 rings (SSSR count). The molecule has 0 spiro atoms. The van der Waals surface area contributed by atoms with Crippen LogP contribution in [0.1, 0.15) is 32.8 Å². The normalized spacial score (nSPS) is 13.5. The van der Waals surface area contributed by atoms with Gasteiger partial charge >= 0.3 is 0 Å². The first-order valence-electron chi connectivity index (χ1n) is 6.51. The molecule has 0 saturated heterocycles. The third kappa shape index (κ3) is 6.20. The molecule has 17 heavy (non-hydrogen) atoms. The highest BCUT2D eigenvalue weighted by molar-refractivity contribution is 7.07. The summed E-state index contributed by atoms with van der Waals surface area (Å²) in [5.41, 5.74) is 1.43. The van der Waals surface area contributed by atoms with E-state index in [-0.39, 0.29) is 0 Å². The number of nitrogens with one attached hydrogen (secondary N) is 1. The number of hydrogen-bond donors (Lipinski definition) is 1. The molecule has 0 aliphatic rings. The zero-order valence-electron chi connectivity index (χ0n) is 11.6. The Morgan fingerprint density at radius 2 is 2.12 bits per heavy atom. The van der Waals surface area contributed by atoms with Crippen molar-refractivity contribution in [2.45, 2.75) is 39.8 Å². The zero-order valence-corrected chi connectivity index (χ0v) is 12.4. The first kappa shape index (κ1) is 14.7. The Morgan fingerprint density at radius 1 is 1.35 bits per heavy atom. The van der Waals surface area contributed by atoms with Gasteiger partial charge in [-0.05, 0) is 61.8 Å². The molecule has 0 fully saturated rings. The standard InChI is InChI=1S/C14H26N2S/c1-12(2)9-15-7-5-13(3)16(4)10-14-6-8-17-11-14/h6,8,11-13,15H,5,7,9-10H2,1-4H3. The van der Waals surface area contributed by atoms with Crippen LogP contribution in [0, 0.1) is 5.92 Å². The number of hydrogen-bond acceptors (Lipinski definition) is 3. The van der Waals surface area contributed by atoms with Crippen LogP contribution in [0.4, 0.5) is 0 Å². The molecule has 1 unspecified atom stereocenters. The zero-order chi connectivity index (χ0) is 12.7. The summed E-state index contributed by atoms with van der Waals surface area (Å²) in [6, 6.07) is 2.85. The van der Waals surface area contributed by atoms with Crippen LogP contribution in [-0.4, -0.2) is 31.1 Å². The van der Waals surface area contributed by atoms with E-state index in [1.165, 1.54) is 12.0 Å². The highest BCUT2D eigenvalue weighted by atomic mass is 32.1. The minimum Gasteiger partial charge on any atom is -0.316 e. The van der Waals surface area contributed by atoms with Crippen LogP contribution in [-0.2, 0) is 6.54 Å². The molecular weight excluding hydrogens is 228 g/mol. The maximum absolute atomic E-state index is 3.50. The molecule has 1 atom stereocenters. The van der Waals surface area contributed by atoms with E-state index < -0.39 is 0 Å². The molecule has 0 aliphatic heterocycles. The Hall–Kier alpha value is -0.380. The summed E-state index contributed by atoms with van der Waals surface area (Å²) in [6.45, 7) is 10.1. The van der Waals surface area contributed by atoms with Gasteiger partial charge < -0.3 is 5.32 Å². The van der Waals surface area contributed by atoms with Gasteiger partial charge in [0.2, 0.25) is 0 Å². The predicted molar refractivity (Wildman–Crippen MR) is 77.6 cm³/mol. The van der Waals surface area contributed by atoms with Crippen LogP contribution in [0.2, 0.25) is 0 Å². The molecule has 98 valence electrons. The molecule has 2 nitrogen and oxygen atoms in total. The van der Waals surface area contributed by atoms with Crippen molar-refractivity contribution in [3.8, 4) is 0 Å². The Kier molecular flexibility index (Phi) is 6.78. The first-order valence-corrected chi connectivity index (χ1v) is 7.46. The average Bonchev–Trinajstić information content (AvgIpc) is 2.76. The Bertz CT molecular complexity index is 282. The van der Waals surface area contributed by atoms with Crippen LogP contribution in [0.25, 0.3) is 0 Å². The summed E-state index contributed by atoms with van der Waals surface area (Å²) in [5.74, 6) is 0.744. The van der Waals surface area contributed by atoms with Crippen molar-refractivity contribution in [1.29, 1.82) is 0 Å². The minimum atomic E-state index is 0.634. The second-order valence-corrected chi connectivity index (χ2v) is 6.06. The SMILES string of the molecule is CC(C)CNCCC(C)N(C)Cc1ccsc1. The van der Waals surface area contributed by atoms with Crippen molar-refractivity contribution < 1.29 is 0 Å². The first-order chi connectivity index (χ1) is 8.09. The second-order valence-electron chi connectivity index (χ2n) is 5.28. The lowest BCUT2D eigenvalue weighted by Crippen LogP contribution is -2.32. The monoisotopic (exact) mass is 254 g/mol. The lowest BCUT2D eigenvalue weighted by atomic mass is 10.2. The predicted octanol–water partition coefficient (Wildman–Crippen LogP) is 3.20. The van der Waals surface area contributed by atoms with Crippen molar-refractivity contribution in [2.75, 3.05) is 20.1 Å². The van der Waals surface area contributed by atoms with Gasteiger partial charge in [0.05, 0.1) is 0 Å². The summed E-state index contributed by atoms with van der Waals surface area (Å²) in [7, 11) is 2.21. The average molecular weight is 254 g/mol. The molecule has 3 heteroatoms. The van der Waals surface area contributed by atoms with Gasteiger partial charge in [0, 0.05) is 12.6 Å². The van der Waals surface area contributed by atoms with E-state index in [0.717, 1.165) is 25.6 Å². The fraction of sp³-hybridized carbons (Fsp3) is 0.714. The van der Waals surface area contributed by atoms with E-state index in [4.69, 9.17) is 0 Å². The number of rotatable bonds is 8. The largest absolute Gasteiger partial charge is 0.316 e. The maximum Gasteiger partial charge on any atom is 0.0241 e. The van der Waals surface area contributed by atoms with Crippen molar-refractivity contribution >= 4 is 11.3 Å². The quantitative estimate of drug-likeness (QED) is 0.717. The van der Waals surface area contributed by atoms with Gasteiger partial charge in [-0.1, -0.05) is 13.8 Å². The lowest BCUT2D eigenvalue weighted by molar-refractivity contribution is 0.236. The topological polar surface area (TPSA) is 15.3 Å². The number of nitrogens with zero attached hydrogens (tertiary/aromatic N) is 1. The fourth-order valence-electron chi connectivity index (χ4n) is 1.75. The molecule has 0 saturated carbocycles. The van der Waals surface area contributed by atoms with Crippen LogP contribution >= 0.6 is 11.3 Å². The molecule has 1 aromatic heterocycles. The van der Waals surface area contributed by atoms with Crippen LogP contribution < -0.4 is 5.32 Å². The van der Waals surface area contributed by atoms with Gasteiger partial charge in [0.1, 0.15) is 0 Å². The lowest BCUT2D eigenvalue weighted by Gasteiger charge is -2.24. The minimum absolute atomic E-state index is 0.634. The van der Waals surface area contributed by atoms with E-state index >= 15 is 0 Å². The van der Waals surface area contributed by atoms with Crippen molar-refractivity contribution in [2.24, 2.45) is 5.92 Å². The molecular formula is C14H26N2S. The van der Waals surface area contributed by atoms with Crippen molar-refractivity contribution in [3.05, 3.63) is 22.4 Å². The summed E-state index contributed by atoms with van der Waals surface area (Å²) < 4.78 is 0. The summed E-state index contributed by atoms with van der Waals surface area (Å²) >= 11 is 1.78. The summed E-state index contributed by atoms with van der Waals surface area (Å²) in [6.07, 6.45) is 1.22. The van der Waals surface area contributed by atoms with Crippen LogP contribution in [0.3, 0.4) is 0 Å². The molecule has 1 aromatic rings. The molecule has 0 amide bonds. The molecule has 0 radical (unpaired) electrons. The Labute approximate surface area is 110 Å². The molecule has 1 N–H and O–H groups in total. The van der Waals surface area contributed by atoms with Gasteiger partial charge in [-0.25, -0.2) is 0 Å². The van der Waals surface area contributed by atoms with Gasteiger partial charge in [0.15, 0.2) is 0 Å². The van der Waals surface area contributed by atoms with E-state index in [2.05, 4.69) is 54.9 Å². The summed E-state index contributed by atoms with van der Waals surface area (Å²) in [4.78, 5) is 2.43. The van der Waals surface area contributed by atoms with E-state index in [1.54, 1.807) is 11.3 Å². The van der Waals surface area contributed by atoms with E-state index in [9.17, 15) is 0 Å². The molecule has 0 bridgehead atoms. The van der Waals surface area contributed by atoms with E-state index in [0.29, 0.717) is 6.04 Å². The summed E-state index contributed by atoms with van der Waals surface area (Å²) in [5, 5.41) is 7.89. The maximum atomic E-state index is 3.50. The molecule has 0 aliphatic carbocycles. The Morgan fingerprint density at radius 3 is 2.71 bits per heavy atom. The van der Waals surface area contributed by atoms with Gasteiger partial charge in [-0.3, -0.25) is 4.90 Å². The number of thiophene rings is 1. The molecule has 1 heterocycles. The van der Waals surface area contributed by atoms with Crippen LogP contribution in [0.5, 0.6) is 0 Å². The third-order valence-electron chi connectivity index (χ3n) is 3.06. The smallest absolute Gasteiger partial charge is 0.0241 e. The fourth-order valence-corrected chi connectivity index (χ4v) is 2.41. The Balaban J connectivity index is 2.16. The van der Waals surface area contributed by atoms with Gasteiger partial charge in [-0.2, -0.15) is 11.3 Å². The second kappa shape index (κ2) is 7.85. The van der Waals surface area contributed by atoms with Crippen LogP contribution in [0.15, 0.2) is 16.8 Å². The molecule has 0 aromatic carbocycles. The third-order valence-corrected chi connectivity index (χ3v) is 3.79. The van der Waals surface area contributed by atoms with E-state index in [1.807, 2.05) is 0 Å². The van der Waals surface area contributed by atoms with Gasteiger partial charge in [0.25, 0.3) is 0 Å². The highest BCUT2D eigenvalue weighted by Gasteiger charge is 2.09. The highest BCUT2D eigenvalue weighted by Crippen LogP contribution is 2.11.